The van der Waals surface area contributed by atoms with E-state index in [-0.39, 0.29) is 24.4 Å². The van der Waals surface area contributed by atoms with E-state index in [4.69, 9.17) is 10.5 Å². The van der Waals surface area contributed by atoms with Gasteiger partial charge in [0.2, 0.25) is 15.9 Å². The minimum atomic E-state index is -3.93. The van der Waals surface area contributed by atoms with Crippen molar-refractivity contribution in [2.45, 2.75) is 0 Å². The van der Waals surface area contributed by atoms with Crippen LogP contribution >= 0.6 is 0 Å². The van der Waals surface area contributed by atoms with Gasteiger partial charge in [0, 0.05) is 6.20 Å². The normalized spacial score (nSPS) is 10.8. The molecule has 0 aliphatic heterocycles. The van der Waals surface area contributed by atoms with Crippen LogP contribution in [0.4, 0.5) is 0 Å². The molecule has 0 atom stereocenters. The van der Waals surface area contributed by atoms with E-state index < -0.39 is 33.5 Å². The van der Waals surface area contributed by atoms with Crippen molar-refractivity contribution in [3.63, 3.8) is 0 Å². The number of carbonyl (C=O) groups excluding carboxylic acids is 3. The van der Waals surface area contributed by atoms with E-state index in [9.17, 15) is 22.8 Å². The molecule has 11 heteroatoms. The monoisotopic (exact) mass is 406 g/mol. The number of aromatic nitrogens is 1. The Balaban J connectivity index is 1.90. The van der Waals surface area contributed by atoms with Gasteiger partial charge in [0.25, 0.3) is 11.8 Å². The SMILES string of the molecule is NCC(=O)NC(=O)c1ccc(C(=O)NS(=O)(=O)CCOc2ccccc2)cn1. The van der Waals surface area contributed by atoms with E-state index in [0.717, 1.165) is 6.20 Å². The van der Waals surface area contributed by atoms with Gasteiger partial charge in [0.1, 0.15) is 23.8 Å². The van der Waals surface area contributed by atoms with Crippen molar-refractivity contribution in [2.24, 2.45) is 5.73 Å². The number of hydrogen-bond acceptors (Lipinski definition) is 8. The molecule has 0 unspecified atom stereocenters. The zero-order chi connectivity index (χ0) is 20.6. The minimum absolute atomic E-state index is 0.0748. The van der Waals surface area contributed by atoms with Crippen LogP contribution in [0.15, 0.2) is 48.7 Å². The second-order valence-corrected chi connectivity index (χ2v) is 7.27. The Bertz CT molecular complexity index is 945. The second kappa shape index (κ2) is 9.58. The summed E-state index contributed by atoms with van der Waals surface area (Å²) in [7, 11) is -3.93. The quantitative estimate of drug-likeness (QED) is 0.526. The molecule has 0 spiro atoms. The molecular weight excluding hydrogens is 388 g/mol. The van der Waals surface area contributed by atoms with Crippen LogP contribution in [0, 0.1) is 0 Å². The molecule has 0 aliphatic carbocycles. The Morgan fingerprint density at radius 3 is 2.36 bits per heavy atom. The highest BCUT2D eigenvalue weighted by Gasteiger charge is 2.18. The predicted octanol–water partition coefficient (Wildman–Crippen LogP) is -0.565. The Hall–Kier alpha value is -3.31. The van der Waals surface area contributed by atoms with Crippen LogP contribution < -0.4 is 20.5 Å². The number of hydrogen-bond donors (Lipinski definition) is 3. The lowest BCUT2D eigenvalue weighted by atomic mass is 10.2. The maximum atomic E-state index is 12.1. The highest BCUT2D eigenvalue weighted by Crippen LogP contribution is 2.08. The highest BCUT2D eigenvalue weighted by atomic mass is 32.2. The number of nitrogens with zero attached hydrogens (tertiary/aromatic N) is 1. The summed E-state index contributed by atoms with van der Waals surface area (Å²) in [6.45, 7) is -0.503. The van der Waals surface area contributed by atoms with Gasteiger partial charge in [-0.15, -0.1) is 0 Å². The molecule has 28 heavy (non-hydrogen) atoms. The lowest BCUT2D eigenvalue weighted by Crippen LogP contribution is -2.36. The van der Waals surface area contributed by atoms with Gasteiger partial charge in [-0.25, -0.2) is 13.1 Å². The molecule has 0 aliphatic rings. The van der Waals surface area contributed by atoms with Crippen molar-refractivity contribution in [1.29, 1.82) is 0 Å². The Morgan fingerprint density at radius 1 is 1.04 bits per heavy atom. The molecule has 0 saturated heterocycles. The number of carbonyl (C=O) groups is 3. The summed E-state index contributed by atoms with van der Waals surface area (Å²) in [6.07, 6.45) is 1.02. The Kier molecular flexibility index (Phi) is 7.18. The third-order valence-electron chi connectivity index (χ3n) is 3.31. The first-order valence-corrected chi connectivity index (χ1v) is 9.69. The largest absolute Gasteiger partial charge is 0.492 e. The fraction of sp³-hybridized carbons (Fsp3) is 0.176. The number of benzene rings is 1. The standard InChI is InChI=1S/C17H18N4O6S/c18-10-15(22)20-17(24)14-7-6-12(11-19-14)16(23)21-28(25,26)9-8-27-13-4-2-1-3-5-13/h1-7,11H,8-10,18H2,(H,21,23)(H,20,22,24). The third-order valence-corrected chi connectivity index (χ3v) is 4.51. The van der Waals surface area contributed by atoms with Crippen LogP contribution in [-0.4, -0.2) is 50.0 Å². The van der Waals surface area contributed by atoms with Gasteiger partial charge in [-0.2, -0.15) is 0 Å². The molecule has 1 aromatic heterocycles. The Morgan fingerprint density at radius 2 is 1.75 bits per heavy atom. The summed E-state index contributed by atoms with van der Waals surface area (Å²) in [5, 5.41) is 1.99. The van der Waals surface area contributed by atoms with Crippen LogP contribution in [-0.2, 0) is 14.8 Å². The molecule has 3 amide bonds. The molecule has 0 bridgehead atoms. The molecule has 0 fully saturated rings. The molecule has 0 radical (unpaired) electrons. The van der Waals surface area contributed by atoms with Crippen molar-refractivity contribution in [3.05, 3.63) is 59.9 Å². The van der Waals surface area contributed by atoms with Gasteiger partial charge < -0.3 is 10.5 Å². The average molecular weight is 406 g/mol. The van der Waals surface area contributed by atoms with Gasteiger partial charge in [-0.1, -0.05) is 18.2 Å². The molecule has 4 N–H and O–H groups in total. The second-order valence-electron chi connectivity index (χ2n) is 5.43. The Labute approximate surface area is 161 Å². The molecule has 1 heterocycles. The fourth-order valence-electron chi connectivity index (χ4n) is 1.94. The summed E-state index contributed by atoms with van der Waals surface area (Å²) in [4.78, 5) is 38.6. The fourth-order valence-corrected chi connectivity index (χ4v) is 2.75. The first kappa shape index (κ1) is 21.0. The highest BCUT2D eigenvalue weighted by molar-refractivity contribution is 7.90. The number of pyridine rings is 1. The van der Waals surface area contributed by atoms with Crippen molar-refractivity contribution in [2.75, 3.05) is 18.9 Å². The van der Waals surface area contributed by atoms with E-state index >= 15 is 0 Å². The van der Waals surface area contributed by atoms with Crippen molar-refractivity contribution < 1.29 is 27.5 Å². The van der Waals surface area contributed by atoms with E-state index in [1.807, 2.05) is 10.0 Å². The van der Waals surface area contributed by atoms with Gasteiger partial charge in [-0.05, 0) is 24.3 Å². The smallest absolute Gasteiger partial charge is 0.276 e. The number of nitrogens with two attached hydrogens (primary N) is 1. The number of sulfonamides is 1. The van der Waals surface area contributed by atoms with Crippen molar-refractivity contribution >= 4 is 27.7 Å². The van der Waals surface area contributed by atoms with Crippen LogP contribution in [0.3, 0.4) is 0 Å². The van der Waals surface area contributed by atoms with E-state index in [2.05, 4.69) is 4.98 Å². The summed E-state index contributed by atoms with van der Waals surface area (Å²) >= 11 is 0. The summed E-state index contributed by atoms with van der Waals surface area (Å²) in [6, 6.07) is 11.0. The number of ether oxygens (including phenoxy) is 1. The van der Waals surface area contributed by atoms with Gasteiger partial charge in [-0.3, -0.25) is 24.7 Å². The molecule has 148 valence electrons. The van der Waals surface area contributed by atoms with Crippen molar-refractivity contribution in [3.8, 4) is 5.75 Å². The summed E-state index contributed by atoms with van der Waals surface area (Å²) < 4.78 is 31.2. The summed E-state index contributed by atoms with van der Waals surface area (Å²) in [5.74, 6) is -2.29. The maximum absolute atomic E-state index is 12.1. The van der Waals surface area contributed by atoms with Gasteiger partial charge >= 0.3 is 0 Å². The third kappa shape index (κ3) is 6.45. The molecular formula is C17H18N4O6S. The zero-order valence-electron chi connectivity index (χ0n) is 14.6. The van der Waals surface area contributed by atoms with Gasteiger partial charge in [0.05, 0.1) is 12.1 Å². The van der Waals surface area contributed by atoms with E-state index in [1.165, 1.54) is 12.1 Å². The topological polar surface area (TPSA) is 158 Å². The predicted molar refractivity (Wildman–Crippen MR) is 99.0 cm³/mol. The summed E-state index contributed by atoms with van der Waals surface area (Å²) in [5.41, 5.74) is 4.88. The van der Waals surface area contributed by atoms with Crippen LogP contribution in [0.1, 0.15) is 20.8 Å². The zero-order valence-corrected chi connectivity index (χ0v) is 15.4. The first-order valence-electron chi connectivity index (χ1n) is 8.03. The molecule has 1 aromatic carbocycles. The van der Waals surface area contributed by atoms with Crippen LogP contribution in [0.5, 0.6) is 5.75 Å². The van der Waals surface area contributed by atoms with Crippen LogP contribution in [0.2, 0.25) is 0 Å². The van der Waals surface area contributed by atoms with E-state index in [1.54, 1.807) is 30.3 Å². The van der Waals surface area contributed by atoms with Crippen LogP contribution in [0.25, 0.3) is 0 Å². The van der Waals surface area contributed by atoms with Crippen molar-refractivity contribution in [1.82, 2.24) is 15.0 Å². The number of imide groups is 1. The number of rotatable bonds is 8. The molecule has 0 saturated carbocycles. The van der Waals surface area contributed by atoms with E-state index in [0.29, 0.717) is 5.75 Å². The lowest BCUT2D eigenvalue weighted by molar-refractivity contribution is -0.118. The lowest BCUT2D eigenvalue weighted by Gasteiger charge is -2.09. The average Bonchev–Trinajstić information content (AvgIpc) is 2.68. The number of para-hydroxylation sites is 1. The molecule has 10 nitrogen and oxygen atoms in total. The number of amides is 3. The minimum Gasteiger partial charge on any atom is -0.492 e. The van der Waals surface area contributed by atoms with Gasteiger partial charge in [0.15, 0.2) is 0 Å². The maximum Gasteiger partial charge on any atom is 0.276 e. The number of nitrogens with one attached hydrogen (secondary N) is 2. The molecule has 2 rings (SSSR count). The molecule has 2 aromatic rings. The first-order chi connectivity index (χ1) is 13.3.